The number of nitrogens with zero attached hydrogens (tertiary/aromatic N) is 2. The highest BCUT2D eigenvalue weighted by Crippen LogP contribution is 2.09. The molecule has 27 heavy (non-hydrogen) atoms. The van der Waals surface area contributed by atoms with Crippen LogP contribution < -0.4 is 10.6 Å². The Kier molecular flexibility index (Phi) is 7.97. The Bertz CT molecular complexity index is 665. The third-order valence-corrected chi connectivity index (χ3v) is 4.02. The van der Waals surface area contributed by atoms with Crippen molar-refractivity contribution >= 4 is 23.4 Å². The Morgan fingerprint density at radius 2 is 1.56 bits per heavy atom. The van der Waals surface area contributed by atoms with E-state index in [9.17, 15) is 14.4 Å². The quantitative estimate of drug-likeness (QED) is 0.758. The number of likely N-dealkylation sites (N-methyl/N-ethyl adjacent to an activating group) is 2. The summed E-state index contributed by atoms with van der Waals surface area (Å²) in [5.41, 5.74) is 1.47. The van der Waals surface area contributed by atoms with Crippen molar-refractivity contribution in [3.63, 3.8) is 0 Å². The standard InChI is InChI=1S/C20H32N4O3/c1-14-8-10-16(11-9-14)21-17(25)12-24(7)19(27)15(2)23(6)13-18(26)22-20(3,4)5/h8-11,15H,12-13H2,1-7H3,(H,21,25)(H,22,26)/t15-/m0/s1. The van der Waals surface area contributed by atoms with E-state index in [4.69, 9.17) is 0 Å². The summed E-state index contributed by atoms with van der Waals surface area (Å²) in [7, 11) is 3.29. The molecule has 0 bridgehead atoms. The van der Waals surface area contributed by atoms with Gasteiger partial charge in [-0.1, -0.05) is 17.7 Å². The fraction of sp³-hybridized carbons (Fsp3) is 0.550. The number of hydrogen-bond donors (Lipinski definition) is 2. The summed E-state index contributed by atoms with van der Waals surface area (Å²) in [6.45, 7) is 9.45. The molecule has 0 heterocycles. The van der Waals surface area contributed by atoms with Gasteiger partial charge in [0, 0.05) is 18.3 Å². The zero-order valence-corrected chi connectivity index (χ0v) is 17.4. The van der Waals surface area contributed by atoms with Gasteiger partial charge in [0.2, 0.25) is 17.7 Å². The first kappa shape index (κ1) is 22.6. The minimum Gasteiger partial charge on any atom is -0.350 e. The molecule has 0 radical (unpaired) electrons. The maximum Gasteiger partial charge on any atom is 0.243 e. The highest BCUT2D eigenvalue weighted by atomic mass is 16.2. The predicted molar refractivity (Wildman–Crippen MR) is 107 cm³/mol. The lowest BCUT2D eigenvalue weighted by molar-refractivity contribution is -0.138. The smallest absolute Gasteiger partial charge is 0.243 e. The van der Waals surface area contributed by atoms with Crippen LogP contribution in [-0.2, 0) is 14.4 Å². The van der Waals surface area contributed by atoms with E-state index in [-0.39, 0.29) is 36.3 Å². The van der Waals surface area contributed by atoms with Crippen LogP contribution in [0.4, 0.5) is 5.69 Å². The van der Waals surface area contributed by atoms with Crippen molar-refractivity contribution in [2.75, 3.05) is 32.5 Å². The van der Waals surface area contributed by atoms with Crippen LogP contribution in [-0.4, -0.2) is 66.3 Å². The fourth-order valence-electron chi connectivity index (χ4n) is 2.46. The molecule has 2 N–H and O–H groups in total. The minimum atomic E-state index is -0.520. The Balaban J connectivity index is 2.54. The Morgan fingerprint density at radius 3 is 2.07 bits per heavy atom. The van der Waals surface area contributed by atoms with Crippen molar-refractivity contribution < 1.29 is 14.4 Å². The van der Waals surface area contributed by atoms with E-state index in [1.807, 2.05) is 52.0 Å². The molecule has 0 spiro atoms. The molecule has 0 aliphatic heterocycles. The van der Waals surface area contributed by atoms with Crippen LogP contribution in [0, 0.1) is 6.92 Å². The van der Waals surface area contributed by atoms with E-state index < -0.39 is 6.04 Å². The first-order chi connectivity index (χ1) is 12.4. The van der Waals surface area contributed by atoms with Gasteiger partial charge in [-0.05, 0) is 53.8 Å². The van der Waals surface area contributed by atoms with Crippen LogP contribution in [0.5, 0.6) is 0 Å². The molecule has 0 aliphatic carbocycles. The Hall–Kier alpha value is -2.41. The molecule has 0 aromatic heterocycles. The summed E-state index contributed by atoms with van der Waals surface area (Å²) in [6, 6.07) is 6.93. The Labute approximate surface area is 162 Å². The predicted octanol–water partition coefficient (Wildman–Crippen LogP) is 1.63. The number of rotatable bonds is 7. The van der Waals surface area contributed by atoms with Crippen LogP contribution in [0.2, 0.25) is 0 Å². The average Bonchev–Trinajstić information content (AvgIpc) is 2.53. The van der Waals surface area contributed by atoms with E-state index in [1.165, 1.54) is 4.90 Å². The average molecular weight is 377 g/mol. The number of nitrogens with one attached hydrogen (secondary N) is 2. The van der Waals surface area contributed by atoms with Crippen LogP contribution in [0.15, 0.2) is 24.3 Å². The normalized spacial score (nSPS) is 12.4. The van der Waals surface area contributed by atoms with E-state index >= 15 is 0 Å². The second-order valence-electron chi connectivity index (χ2n) is 8.00. The molecule has 1 aromatic carbocycles. The van der Waals surface area contributed by atoms with Gasteiger partial charge in [-0.25, -0.2) is 0 Å². The molecule has 0 saturated heterocycles. The summed E-state index contributed by atoms with van der Waals surface area (Å²) < 4.78 is 0. The monoisotopic (exact) mass is 376 g/mol. The third kappa shape index (κ3) is 8.21. The van der Waals surface area contributed by atoms with Crippen molar-refractivity contribution in [1.29, 1.82) is 0 Å². The molecule has 3 amide bonds. The molecule has 7 nitrogen and oxygen atoms in total. The molecular weight excluding hydrogens is 344 g/mol. The lowest BCUT2D eigenvalue weighted by Gasteiger charge is -2.29. The van der Waals surface area contributed by atoms with Gasteiger partial charge in [-0.15, -0.1) is 0 Å². The summed E-state index contributed by atoms with van der Waals surface area (Å²) in [4.78, 5) is 39.8. The highest BCUT2D eigenvalue weighted by Gasteiger charge is 2.25. The van der Waals surface area contributed by atoms with E-state index in [2.05, 4.69) is 10.6 Å². The summed E-state index contributed by atoms with van der Waals surface area (Å²) >= 11 is 0. The number of carbonyl (C=O) groups is 3. The summed E-state index contributed by atoms with van der Waals surface area (Å²) in [6.07, 6.45) is 0. The van der Waals surface area contributed by atoms with Gasteiger partial charge in [0.15, 0.2) is 0 Å². The van der Waals surface area contributed by atoms with Gasteiger partial charge < -0.3 is 15.5 Å². The molecule has 7 heteroatoms. The van der Waals surface area contributed by atoms with Gasteiger partial charge in [0.25, 0.3) is 0 Å². The second kappa shape index (κ2) is 9.50. The number of benzene rings is 1. The lowest BCUT2D eigenvalue weighted by Crippen LogP contribution is -2.51. The van der Waals surface area contributed by atoms with Crippen molar-refractivity contribution in [2.24, 2.45) is 0 Å². The number of hydrogen-bond acceptors (Lipinski definition) is 4. The highest BCUT2D eigenvalue weighted by molar-refractivity contribution is 5.95. The number of aryl methyl sites for hydroxylation is 1. The summed E-state index contributed by atoms with van der Waals surface area (Å²) in [5, 5.41) is 5.64. The topological polar surface area (TPSA) is 81.8 Å². The fourth-order valence-corrected chi connectivity index (χ4v) is 2.46. The van der Waals surface area contributed by atoms with Crippen LogP contribution in [0.1, 0.15) is 33.3 Å². The molecule has 1 aromatic rings. The first-order valence-corrected chi connectivity index (χ1v) is 9.02. The van der Waals surface area contributed by atoms with Crippen molar-refractivity contribution in [2.45, 2.75) is 46.2 Å². The zero-order valence-electron chi connectivity index (χ0n) is 17.4. The van der Waals surface area contributed by atoms with E-state index in [0.29, 0.717) is 5.69 Å². The van der Waals surface area contributed by atoms with Crippen LogP contribution in [0.3, 0.4) is 0 Å². The van der Waals surface area contributed by atoms with Gasteiger partial charge >= 0.3 is 0 Å². The third-order valence-electron chi connectivity index (χ3n) is 4.02. The van der Waals surface area contributed by atoms with Crippen molar-refractivity contribution in [3.05, 3.63) is 29.8 Å². The largest absolute Gasteiger partial charge is 0.350 e. The van der Waals surface area contributed by atoms with Gasteiger partial charge in [0.1, 0.15) is 0 Å². The van der Waals surface area contributed by atoms with Crippen molar-refractivity contribution in [1.82, 2.24) is 15.1 Å². The number of amides is 3. The molecule has 0 saturated carbocycles. The van der Waals surface area contributed by atoms with E-state index in [0.717, 1.165) is 5.56 Å². The molecule has 0 aliphatic rings. The maximum absolute atomic E-state index is 12.6. The number of carbonyl (C=O) groups excluding carboxylic acids is 3. The van der Waals surface area contributed by atoms with Gasteiger partial charge in [-0.3, -0.25) is 19.3 Å². The van der Waals surface area contributed by atoms with Gasteiger partial charge in [0.05, 0.1) is 19.1 Å². The first-order valence-electron chi connectivity index (χ1n) is 9.02. The van der Waals surface area contributed by atoms with Crippen LogP contribution >= 0.6 is 0 Å². The molecule has 0 fully saturated rings. The van der Waals surface area contributed by atoms with Crippen molar-refractivity contribution in [3.8, 4) is 0 Å². The molecule has 1 rings (SSSR count). The van der Waals surface area contributed by atoms with E-state index in [1.54, 1.807) is 25.9 Å². The van der Waals surface area contributed by atoms with Gasteiger partial charge in [-0.2, -0.15) is 0 Å². The minimum absolute atomic E-state index is 0.0565. The lowest BCUT2D eigenvalue weighted by atomic mass is 10.1. The summed E-state index contributed by atoms with van der Waals surface area (Å²) in [5.74, 6) is -0.639. The Morgan fingerprint density at radius 1 is 1.00 bits per heavy atom. The SMILES string of the molecule is Cc1ccc(NC(=O)CN(C)C(=O)[C@H](C)N(C)CC(=O)NC(C)(C)C)cc1. The second-order valence-corrected chi connectivity index (χ2v) is 8.00. The zero-order chi connectivity index (χ0) is 20.8. The number of anilines is 1. The molecule has 0 unspecified atom stereocenters. The van der Waals surface area contributed by atoms with Crippen LogP contribution in [0.25, 0.3) is 0 Å². The molecular formula is C20H32N4O3. The molecule has 1 atom stereocenters. The maximum atomic E-state index is 12.6. The molecule has 150 valence electrons.